The maximum Gasteiger partial charge on any atom is 0.238 e. The fourth-order valence-corrected chi connectivity index (χ4v) is 2.70. The van der Waals surface area contributed by atoms with E-state index < -0.39 is 0 Å². The maximum absolute atomic E-state index is 12.2. The topological polar surface area (TPSA) is 62.2 Å². The average Bonchev–Trinajstić information content (AvgIpc) is 2.66. The van der Waals surface area contributed by atoms with Crippen molar-refractivity contribution in [2.24, 2.45) is 7.05 Å². The summed E-state index contributed by atoms with van der Waals surface area (Å²) in [6.07, 6.45) is 2.33. The summed E-state index contributed by atoms with van der Waals surface area (Å²) in [7, 11) is 3.90. The Bertz CT molecular complexity index is 476. The molecule has 0 radical (unpaired) electrons. The van der Waals surface area contributed by atoms with Crippen LogP contribution in [0.2, 0.25) is 0 Å². The molecule has 0 bridgehead atoms. The highest BCUT2D eigenvalue weighted by Crippen LogP contribution is 2.18. The van der Waals surface area contributed by atoms with Gasteiger partial charge in [-0.05, 0) is 40.3 Å². The van der Waals surface area contributed by atoms with E-state index in [-0.39, 0.29) is 5.91 Å². The van der Waals surface area contributed by atoms with Crippen molar-refractivity contribution in [1.29, 1.82) is 0 Å². The number of amides is 1. The number of hydrogen-bond donors (Lipinski definition) is 2. The first-order valence-corrected chi connectivity index (χ1v) is 7.20. The van der Waals surface area contributed by atoms with Crippen molar-refractivity contribution in [3.63, 3.8) is 0 Å². The van der Waals surface area contributed by atoms with E-state index in [1.165, 1.54) is 6.42 Å². The lowest BCUT2D eigenvalue weighted by Crippen LogP contribution is -2.46. The summed E-state index contributed by atoms with van der Waals surface area (Å²) in [6, 6.07) is 0.450. The standard InChI is InChI=1S/C14H25N5O/c1-10-14(11(2)19(4)17-10)16-13(20)9-18(3)12-6-5-7-15-8-12/h12,15H,5-9H2,1-4H3,(H,16,20). The Hall–Kier alpha value is -1.40. The number of piperidine rings is 1. The monoisotopic (exact) mass is 279 g/mol. The van der Waals surface area contributed by atoms with Crippen LogP contribution in [-0.2, 0) is 11.8 Å². The molecule has 2 rings (SSSR count). The van der Waals surface area contributed by atoms with Crippen LogP contribution in [0.5, 0.6) is 0 Å². The number of rotatable bonds is 4. The third-order valence-corrected chi connectivity index (χ3v) is 4.06. The molecular formula is C14H25N5O. The summed E-state index contributed by atoms with van der Waals surface area (Å²) >= 11 is 0. The van der Waals surface area contributed by atoms with E-state index in [1.54, 1.807) is 4.68 Å². The van der Waals surface area contributed by atoms with Gasteiger partial charge in [-0.3, -0.25) is 14.4 Å². The number of aryl methyl sites for hydroxylation is 2. The molecule has 1 aliphatic heterocycles. The lowest BCUT2D eigenvalue weighted by Gasteiger charge is -2.31. The van der Waals surface area contributed by atoms with Gasteiger partial charge in [0.15, 0.2) is 0 Å². The molecule has 0 aromatic carbocycles. The van der Waals surface area contributed by atoms with Gasteiger partial charge in [0.2, 0.25) is 5.91 Å². The number of anilines is 1. The molecule has 2 N–H and O–H groups in total. The van der Waals surface area contributed by atoms with Crippen molar-refractivity contribution in [2.45, 2.75) is 32.7 Å². The molecule has 1 aliphatic rings. The summed E-state index contributed by atoms with van der Waals surface area (Å²) in [5.41, 5.74) is 2.69. The van der Waals surface area contributed by atoms with Gasteiger partial charge < -0.3 is 10.6 Å². The van der Waals surface area contributed by atoms with Gasteiger partial charge in [-0.15, -0.1) is 0 Å². The minimum atomic E-state index is 0.0253. The summed E-state index contributed by atoms with van der Waals surface area (Å²) < 4.78 is 1.79. The van der Waals surface area contributed by atoms with Crippen LogP contribution in [0.15, 0.2) is 0 Å². The number of likely N-dealkylation sites (N-methyl/N-ethyl adjacent to an activating group) is 1. The van der Waals surface area contributed by atoms with Crippen LogP contribution in [0.1, 0.15) is 24.2 Å². The normalized spacial score (nSPS) is 19.4. The molecule has 0 aliphatic carbocycles. The summed E-state index contributed by atoms with van der Waals surface area (Å²) in [4.78, 5) is 14.3. The van der Waals surface area contributed by atoms with Crippen LogP contribution < -0.4 is 10.6 Å². The molecule has 0 spiro atoms. The molecule has 1 unspecified atom stereocenters. The largest absolute Gasteiger partial charge is 0.322 e. The molecule has 0 saturated carbocycles. The lowest BCUT2D eigenvalue weighted by molar-refractivity contribution is -0.117. The minimum Gasteiger partial charge on any atom is -0.322 e. The van der Waals surface area contributed by atoms with Gasteiger partial charge in [-0.2, -0.15) is 5.10 Å². The van der Waals surface area contributed by atoms with E-state index in [0.29, 0.717) is 12.6 Å². The Morgan fingerprint density at radius 2 is 2.30 bits per heavy atom. The van der Waals surface area contributed by atoms with Crippen molar-refractivity contribution in [1.82, 2.24) is 20.0 Å². The number of nitrogens with zero attached hydrogens (tertiary/aromatic N) is 3. The molecule has 112 valence electrons. The van der Waals surface area contributed by atoms with Crippen molar-refractivity contribution in [3.05, 3.63) is 11.4 Å². The minimum absolute atomic E-state index is 0.0253. The van der Waals surface area contributed by atoms with Crippen LogP contribution in [0, 0.1) is 13.8 Å². The number of aromatic nitrogens is 2. The van der Waals surface area contributed by atoms with Crippen LogP contribution >= 0.6 is 0 Å². The molecule has 2 heterocycles. The number of carbonyl (C=O) groups is 1. The molecule has 1 aromatic rings. The van der Waals surface area contributed by atoms with E-state index in [4.69, 9.17) is 0 Å². The van der Waals surface area contributed by atoms with Gasteiger partial charge >= 0.3 is 0 Å². The predicted molar refractivity (Wildman–Crippen MR) is 79.8 cm³/mol. The molecule has 20 heavy (non-hydrogen) atoms. The predicted octanol–water partition coefficient (Wildman–Crippen LogP) is 0.659. The molecule has 1 fully saturated rings. The molecule has 6 heteroatoms. The first-order chi connectivity index (χ1) is 9.49. The zero-order valence-corrected chi connectivity index (χ0v) is 12.9. The fraction of sp³-hybridized carbons (Fsp3) is 0.714. The summed E-state index contributed by atoms with van der Waals surface area (Å²) in [5.74, 6) is 0.0253. The third-order valence-electron chi connectivity index (χ3n) is 4.06. The van der Waals surface area contributed by atoms with Crippen molar-refractivity contribution >= 4 is 11.6 Å². The van der Waals surface area contributed by atoms with Crippen LogP contribution in [0.3, 0.4) is 0 Å². The highest BCUT2D eigenvalue weighted by Gasteiger charge is 2.20. The highest BCUT2D eigenvalue weighted by atomic mass is 16.2. The maximum atomic E-state index is 12.2. The Balaban J connectivity index is 1.91. The lowest BCUT2D eigenvalue weighted by atomic mass is 10.1. The van der Waals surface area contributed by atoms with E-state index in [1.807, 2.05) is 27.9 Å². The summed E-state index contributed by atoms with van der Waals surface area (Å²) in [6.45, 7) is 6.35. The quantitative estimate of drug-likeness (QED) is 0.850. The first-order valence-electron chi connectivity index (χ1n) is 7.20. The van der Waals surface area contributed by atoms with Gasteiger partial charge in [0.05, 0.1) is 23.6 Å². The van der Waals surface area contributed by atoms with E-state index in [9.17, 15) is 4.79 Å². The molecular weight excluding hydrogens is 254 g/mol. The number of carbonyl (C=O) groups excluding carboxylic acids is 1. The molecule has 6 nitrogen and oxygen atoms in total. The Kier molecular flexibility index (Phi) is 4.77. The second-order valence-corrected chi connectivity index (χ2v) is 5.63. The third kappa shape index (κ3) is 3.37. The zero-order valence-electron chi connectivity index (χ0n) is 12.9. The fourth-order valence-electron chi connectivity index (χ4n) is 2.70. The van der Waals surface area contributed by atoms with E-state index in [0.717, 1.165) is 36.6 Å². The SMILES string of the molecule is Cc1nn(C)c(C)c1NC(=O)CN(C)C1CCCNC1. The van der Waals surface area contributed by atoms with Crippen molar-refractivity contribution in [3.8, 4) is 0 Å². The Morgan fingerprint density at radius 1 is 1.55 bits per heavy atom. The van der Waals surface area contributed by atoms with Gasteiger partial charge in [0.1, 0.15) is 0 Å². The van der Waals surface area contributed by atoms with Gasteiger partial charge in [0, 0.05) is 19.6 Å². The molecule has 1 amide bonds. The van der Waals surface area contributed by atoms with Crippen molar-refractivity contribution < 1.29 is 4.79 Å². The van der Waals surface area contributed by atoms with Gasteiger partial charge in [0.25, 0.3) is 0 Å². The first kappa shape index (κ1) is 15.0. The Morgan fingerprint density at radius 3 is 2.85 bits per heavy atom. The molecule has 1 aromatic heterocycles. The average molecular weight is 279 g/mol. The summed E-state index contributed by atoms with van der Waals surface area (Å²) in [5, 5.41) is 10.7. The molecule has 1 atom stereocenters. The zero-order chi connectivity index (χ0) is 14.7. The van der Waals surface area contributed by atoms with E-state index >= 15 is 0 Å². The molecule has 1 saturated heterocycles. The second kappa shape index (κ2) is 6.37. The van der Waals surface area contributed by atoms with E-state index in [2.05, 4.69) is 20.6 Å². The second-order valence-electron chi connectivity index (χ2n) is 5.63. The van der Waals surface area contributed by atoms with Crippen LogP contribution in [-0.4, -0.2) is 53.3 Å². The number of hydrogen-bond acceptors (Lipinski definition) is 4. The Labute approximate surface area is 120 Å². The highest BCUT2D eigenvalue weighted by molar-refractivity contribution is 5.93. The van der Waals surface area contributed by atoms with Crippen LogP contribution in [0.4, 0.5) is 5.69 Å². The smallest absolute Gasteiger partial charge is 0.238 e. The number of nitrogens with one attached hydrogen (secondary N) is 2. The van der Waals surface area contributed by atoms with Crippen LogP contribution in [0.25, 0.3) is 0 Å². The van der Waals surface area contributed by atoms with Crippen molar-refractivity contribution in [2.75, 3.05) is 32.0 Å². The van der Waals surface area contributed by atoms with Gasteiger partial charge in [-0.1, -0.05) is 0 Å². The van der Waals surface area contributed by atoms with Gasteiger partial charge in [-0.25, -0.2) is 0 Å².